The van der Waals surface area contributed by atoms with Gasteiger partial charge in [-0.25, -0.2) is 14.6 Å². The minimum Gasteiger partial charge on any atom is -0.326 e. The molecule has 2 aromatic rings. The zero-order chi connectivity index (χ0) is 11.5. The molecule has 0 spiro atoms. The second-order valence-electron chi connectivity index (χ2n) is 3.92. The van der Waals surface area contributed by atoms with E-state index in [-0.39, 0.29) is 0 Å². The molecule has 0 saturated carbocycles. The Labute approximate surface area is 94.3 Å². The van der Waals surface area contributed by atoms with Crippen molar-refractivity contribution in [3.8, 4) is 5.95 Å². The van der Waals surface area contributed by atoms with Gasteiger partial charge < -0.3 is 5.73 Å². The lowest BCUT2D eigenvalue weighted by Crippen LogP contribution is -2.09. The van der Waals surface area contributed by atoms with Crippen LogP contribution >= 0.6 is 0 Å². The van der Waals surface area contributed by atoms with E-state index in [4.69, 9.17) is 5.73 Å². The second kappa shape index (κ2) is 4.40. The largest absolute Gasteiger partial charge is 0.326 e. The van der Waals surface area contributed by atoms with E-state index in [0.29, 0.717) is 18.4 Å². The van der Waals surface area contributed by atoms with Crippen LogP contribution in [0.25, 0.3) is 5.95 Å². The molecular weight excluding hydrogens is 202 g/mol. The molecule has 0 aliphatic carbocycles. The lowest BCUT2D eigenvalue weighted by molar-refractivity contribution is 0.702. The number of rotatable bonds is 3. The number of nitrogens with two attached hydrogens (primary N) is 1. The number of hydrogen-bond acceptors (Lipinski definition) is 4. The van der Waals surface area contributed by atoms with Crippen molar-refractivity contribution in [2.75, 3.05) is 0 Å². The Balaban J connectivity index is 2.38. The fourth-order valence-electron chi connectivity index (χ4n) is 1.48. The molecule has 0 aliphatic heterocycles. The van der Waals surface area contributed by atoms with Gasteiger partial charge >= 0.3 is 0 Å². The molecule has 0 aromatic carbocycles. The van der Waals surface area contributed by atoms with Crippen molar-refractivity contribution < 1.29 is 0 Å². The minimum absolute atomic E-state index is 0.389. The average Bonchev–Trinajstić information content (AvgIpc) is 2.78. The molecule has 0 unspecified atom stereocenters. The predicted molar refractivity (Wildman–Crippen MR) is 61.1 cm³/mol. The van der Waals surface area contributed by atoms with E-state index in [1.54, 1.807) is 23.3 Å². The molecule has 0 atom stereocenters. The topological polar surface area (TPSA) is 69.6 Å². The van der Waals surface area contributed by atoms with Gasteiger partial charge in [0.15, 0.2) is 0 Å². The van der Waals surface area contributed by atoms with Crippen LogP contribution in [0, 0.1) is 0 Å². The van der Waals surface area contributed by atoms with Crippen LogP contribution in [0.1, 0.15) is 31.0 Å². The van der Waals surface area contributed by atoms with Crippen LogP contribution in [0.15, 0.2) is 24.7 Å². The molecular formula is C11H15N5. The van der Waals surface area contributed by atoms with E-state index >= 15 is 0 Å². The van der Waals surface area contributed by atoms with Crippen molar-refractivity contribution in [3.63, 3.8) is 0 Å². The van der Waals surface area contributed by atoms with Crippen molar-refractivity contribution in [3.05, 3.63) is 35.9 Å². The van der Waals surface area contributed by atoms with Gasteiger partial charge in [0, 0.05) is 30.7 Å². The van der Waals surface area contributed by atoms with Gasteiger partial charge in [-0.15, -0.1) is 0 Å². The minimum atomic E-state index is 0.389. The molecule has 84 valence electrons. The predicted octanol–water partition coefficient (Wildman–Crippen LogP) is 1.24. The fourth-order valence-corrected chi connectivity index (χ4v) is 1.48. The summed E-state index contributed by atoms with van der Waals surface area (Å²) in [5.74, 6) is 0.978. The van der Waals surface area contributed by atoms with Gasteiger partial charge in [0.1, 0.15) is 0 Å². The first-order chi connectivity index (χ1) is 7.72. The van der Waals surface area contributed by atoms with E-state index in [9.17, 15) is 0 Å². The van der Waals surface area contributed by atoms with Gasteiger partial charge in [0.05, 0.1) is 5.69 Å². The number of nitrogens with zero attached hydrogens (tertiary/aromatic N) is 4. The molecule has 0 bridgehead atoms. The molecule has 0 aliphatic rings. The van der Waals surface area contributed by atoms with E-state index in [1.165, 1.54) is 0 Å². The standard InChI is InChI=1S/C11H15N5/c1-8(2)10-3-4-15-16(10)11-13-6-9(5-12)7-14-11/h3-4,6-8H,5,12H2,1-2H3. The zero-order valence-corrected chi connectivity index (χ0v) is 9.46. The van der Waals surface area contributed by atoms with Crippen LogP contribution in [-0.2, 0) is 6.54 Å². The van der Waals surface area contributed by atoms with E-state index < -0.39 is 0 Å². The Bertz CT molecular complexity index is 457. The van der Waals surface area contributed by atoms with Crippen LogP contribution in [0.2, 0.25) is 0 Å². The van der Waals surface area contributed by atoms with Crippen LogP contribution in [0.5, 0.6) is 0 Å². The Kier molecular flexibility index (Phi) is 2.96. The number of hydrogen-bond donors (Lipinski definition) is 1. The summed E-state index contributed by atoms with van der Waals surface area (Å²) in [5.41, 5.74) is 7.51. The molecule has 16 heavy (non-hydrogen) atoms. The molecule has 2 rings (SSSR count). The Morgan fingerprint density at radius 3 is 2.56 bits per heavy atom. The van der Waals surface area contributed by atoms with Gasteiger partial charge in [-0.3, -0.25) is 0 Å². The van der Waals surface area contributed by atoms with Gasteiger partial charge in [0.25, 0.3) is 5.95 Å². The maximum Gasteiger partial charge on any atom is 0.250 e. The summed E-state index contributed by atoms with van der Waals surface area (Å²) in [7, 11) is 0. The molecule has 0 saturated heterocycles. The smallest absolute Gasteiger partial charge is 0.250 e. The van der Waals surface area contributed by atoms with Gasteiger partial charge in [-0.1, -0.05) is 13.8 Å². The molecule has 0 fully saturated rings. The third-order valence-corrected chi connectivity index (χ3v) is 2.38. The van der Waals surface area contributed by atoms with Crippen molar-refractivity contribution >= 4 is 0 Å². The highest BCUT2D eigenvalue weighted by Crippen LogP contribution is 2.15. The van der Waals surface area contributed by atoms with Gasteiger partial charge in [-0.05, 0) is 12.0 Å². The number of aromatic nitrogens is 4. The maximum atomic E-state index is 5.49. The fraction of sp³-hybridized carbons (Fsp3) is 0.364. The van der Waals surface area contributed by atoms with Gasteiger partial charge in [-0.2, -0.15) is 5.10 Å². The van der Waals surface area contributed by atoms with E-state index in [0.717, 1.165) is 11.3 Å². The molecule has 2 aromatic heterocycles. The first kappa shape index (κ1) is 10.8. The molecule has 0 amide bonds. The molecule has 2 heterocycles. The van der Waals surface area contributed by atoms with E-state index in [1.807, 2.05) is 6.07 Å². The Morgan fingerprint density at radius 1 is 1.31 bits per heavy atom. The second-order valence-corrected chi connectivity index (χ2v) is 3.92. The third-order valence-electron chi connectivity index (χ3n) is 2.38. The summed E-state index contributed by atoms with van der Waals surface area (Å²) >= 11 is 0. The summed E-state index contributed by atoms with van der Waals surface area (Å²) in [6.07, 6.45) is 5.22. The SMILES string of the molecule is CC(C)c1ccnn1-c1ncc(CN)cn1. The molecule has 0 radical (unpaired) electrons. The highest BCUT2D eigenvalue weighted by Gasteiger charge is 2.10. The monoisotopic (exact) mass is 217 g/mol. The van der Waals surface area contributed by atoms with Crippen molar-refractivity contribution in [2.45, 2.75) is 26.3 Å². The molecule has 5 nitrogen and oxygen atoms in total. The lowest BCUT2D eigenvalue weighted by atomic mass is 10.1. The quantitative estimate of drug-likeness (QED) is 0.839. The van der Waals surface area contributed by atoms with Gasteiger partial charge in [0.2, 0.25) is 0 Å². The molecule has 5 heteroatoms. The van der Waals surface area contributed by atoms with Crippen LogP contribution in [0.4, 0.5) is 0 Å². The van der Waals surface area contributed by atoms with Crippen LogP contribution in [0.3, 0.4) is 0 Å². The van der Waals surface area contributed by atoms with Crippen molar-refractivity contribution in [1.29, 1.82) is 0 Å². The zero-order valence-electron chi connectivity index (χ0n) is 9.46. The van der Waals surface area contributed by atoms with Crippen molar-refractivity contribution in [1.82, 2.24) is 19.7 Å². The summed E-state index contributed by atoms with van der Waals surface area (Å²) < 4.78 is 1.75. The van der Waals surface area contributed by atoms with Crippen LogP contribution < -0.4 is 5.73 Å². The average molecular weight is 217 g/mol. The highest BCUT2D eigenvalue weighted by atomic mass is 15.3. The van der Waals surface area contributed by atoms with E-state index in [2.05, 4.69) is 28.9 Å². The summed E-state index contributed by atoms with van der Waals surface area (Å²) in [6.45, 7) is 4.68. The summed E-state index contributed by atoms with van der Waals surface area (Å²) in [4.78, 5) is 8.49. The summed E-state index contributed by atoms with van der Waals surface area (Å²) in [6, 6.07) is 1.98. The first-order valence-corrected chi connectivity index (χ1v) is 5.27. The maximum absolute atomic E-state index is 5.49. The third kappa shape index (κ3) is 1.94. The first-order valence-electron chi connectivity index (χ1n) is 5.27. The Morgan fingerprint density at radius 2 is 2.00 bits per heavy atom. The normalized spacial score (nSPS) is 11.0. The molecule has 2 N–H and O–H groups in total. The lowest BCUT2D eigenvalue weighted by Gasteiger charge is -2.08. The highest BCUT2D eigenvalue weighted by molar-refractivity contribution is 5.19. The summed E-state index contributed by atoms with van der Waals surface area (Å²) in [5, 5.41) is 4.22. The van der Waals surface area contributed by atoms with Crippen molar-refractivity contribution in [2.24, 2.45) is 5.73 Å². The Hall–Kier alpha value is -1.75. The van der Waals surface area contributed by atoms with Crippen LogP contribution in [-0.4, -0.2) is 19.7 Å².